The lowest BCUT2D eigenvalue weighted by molar-refractivity contribution is 0.829. The smallest absolute Gasteiger partial charge is 0.183 e. The first kappa shape index (κ1) is 13.1. The molecule has 0 N–H and O–H groups in total. The number of nitrogens with zero attached hydrogens (tertiary/aromatic N) is 6. The summed E-state index contributed by atoms with van der Waals surface area (Å²) in [6.07, 6.45) is 9.44. The van der Waals surface area contributed by atoms with Crippen LogP contribution in [0.5, 0.6) is 0 Å². The topological polar surface area (TPSA) is 69.4 Å². The molecule has 6 heteroatoms. The lowest BCUT2D eigenvalue weighted by atomic mass is 10.2. The van der Waals surface area contributed by atoms with Gasteiger partial charge in [0.1, 0.15) is 5.69 Å². The third kappa shape index (κ3) is 2.26. The summed E-state index contributed by atoms with van der Waals surface area (Å²) in [6.45, 7) is 3.94. The van der Waals surface area contributed by atoms with E-state index in [9.17, 15) is 0 Å². The fraction of sp³-hybridized carbons (Fsp3) is 0.312. The van der Waals surface area contributed by atoms with Crippen molar-refractivity contribution in [3.05, 3.63) is 47.9 Å². The van der Waals surface area contributed by atoms with Gasteiger partial charge in [0.2, 0.25) is 0 Å². The van der Waals surface area contributed by atoms with Crippen LogP contribution in [0.1, 0.15) is 35.8 Å². The van der Waals surface area contributed by atoms with Gasteiger partial charge in [-0.2, -0.15) is 5.10 Å². The minimum Gasteiger partial charge on any atom is -0.264 e. The van der Waals surface area contributed by atoms with Crippen molar-refractivity contribution in [2.24, 2.45) is 0 Å². The highest BCUT2D eigenvalue weighted by molar-refractivity contribution is 5.53. The number of aromatic nitrogens is 6. The van der Waals surface area contributed by atoms with E-state index in [2.05, 4.69) is 15.0 Å². The van der Waals surface area contributed by atoms with Crippen LogP contribution in [-0.4, -0.2) is 29.7 Å². The Hall–Kier alpha value is -2.63. The highest BCUT2D eigenvalue weighted by Gasteiger charge is 2.30. The number of hydrogen-bond acceptors (Lipinski definition) is 5. The SMILES string of the molecule is Cc1cnc(-c2nc(C3CC3)nn2-c2ccncc2C)cn1. The molecule has 1 fully saturated rings. The van der Waals surface area contributed by atoms with Crippen molar-refractivity contribution in [3.63, 3.8) is 0 Å². The van der Waals surface area contributed by atoms with Gasteiger partial charge in [-0.1, -0.05) is 0 Å². The summed E-state index contributed by atoms with van der Waals surface area (Å²) in [5.41, 5.74) is 3.65. The molecule has 3 heterocycles. The monoisotopic (exact) mass is 292 g/mol. The Morgan fingerprint density at radius 1 is 1.09 bits per heavy atom. The predicted octanol–water partition coefficient (Wildman–Crippen LogP) is 2.61. The summed E-state index contributed by atoms with van der Waals surface area (Å²) in [6, 6.07) is 1.95. The first-order valence-corrected chi connectivity index (χ1v) is 7.39. The zero-order valence-electron chi connectivity index (χ0n) is 12.6. The standard InChI is InChI=1S/C16H16N6/c1-10-7-17-6-5-14(10)22-16(13-9-18-11(2)8-19-13)20-15(21-22)12-3-4-12/h5-9,12H,3-4H2,1-2H3. The molecule has 0 unspecified atom stereocenters. The fourth-order valence-corrected chi connectivity index (χ4v) is 2.39. The number of pyridine rings is 1. The molecule has 0 amide bonds. The Kier molecular flexibility index (Phi) is 2.96. The van der Waals surface area contributed by atoms with Gasteiger partial charge < -0.3 is 0 Å². The molecule has 22 heavy (non-hydrogen) atoms. The predicted molar refractivity (Wildman–Crippen MR) is 81.6 cm³/mol. The largest absolute Gasteiger partial charge is 0.264 e. The van der Waals surface area contributed by atoms with E-state index in [1.54, 1.807) is 18.6 Å². The molecule has 0 aromatic carbocycles. The Balaban J connectivity index is 1.89. The first-order valence-electron chi connectivity index (χ1n) is 7.39. The van der Waals surface area contributed by atoms with E-state index >= 15 is 0 Å². The van der Waals surface area contributed by atoms with Crippen LogP contribution in [-0.2, 0) is 0 Å². The van der Waals surface area contributed by atoms with Crippen molar-refractivity contribution >= 4 is 0 Å². The Morgan fingerprint density at radius 3 is 2.64 bits per heavy atom. The minimum atomic E-state index is 0.487. The molecule has 0 radical (unpaired) electrons. The summed E-state index contributed by atoms with van der Waals surface area (Å²) in [7, 11) is 0. The van der Waals surface area contributed by atoms with Crippen LogP contribution in [0.4, 0.5) is 0 Å². The van der Waals surface area contributed by atoms with Crippen LogP contribution in [0.15, 0.2) is 30.9 Å². The van der Waals surface area contributed by atoms with Crippen molar-refractivity contribution in [1.29, 1.82) is 0 Å². The van der Waals surface area contributed by atoms with E-state index < -0.39 is 0 Å². The number of rotatable bonds is 3. The molecule has 110 valence electrons. The maximum Gasteiger partial charge on any atom is 0.183 e. The summed E-state index contributed by atoms with van der Waals surface area (Å²) >= 11 is 0. The van der Waals surface area contributed by atoms with Crippen LogP contribution in [0.3, 0.4) is 0 Å². The summed E-state index contributed by atoms with van der Waals surface area (Å²) in [4.78, 5) is 17.7. The quantitative estimate of drug-likeness (QED) is 0.742. The molecule has 3 aromatic rings. The normalized spacial score (nSPS) is 14.3. The van der Waals surface area contributed by atoms with Gasteiger partial charge in [0, 0.05) is 24.5 Å². The van der Waals surface area contributed by atoms with Gasteiger partial charge in [0.05, 0.1) is 17.6 Å². The first-order chi connectivity index (χ1) is 10.7. The third-order valence-electron chi connectivity index (χ3n) is 3.79. The average molecular weight is 292 g/mol. The van der Waals surface area contributed by atoms with Gasteiger partial charge >= 0.3 is 0 Å². The molecule has 0 bridgehead atoms. The van der Waals surface area contributed by atoms with Gasteiger partial charge in [0.15, 0.2) is 11.6 Å². The molecule has 1 aliphatic rings. The zero-order valence-corrected chi connectivity index (χ0v) is 12.6. The van der Waals surface area contributed by atoms with E-state index in [0.717, 1.165) is 34.3 Å². The van der Waals surface area contributed by atoms with E-state index in [4.69, 9.17) is 10.1 Å². The molecule has 0 atom stereocenters. The summed E-state index contributed by atoms with van der Waals surface area (Å²) < 4.78 is 1.87. The van der Waals surface area contributed by atoms with E-state index in [1.165, 1.54) is 12.8 Å². The third-order valence-corrected chi connectivity index (χ3v) is 3.79. The Labute approximate surface area is 128 Å². The molecular weight excluding hydrogens is 276 g/mol. The van der Waals surface area contributed by atoms with Gasteiger partial charge in [-0.25, -0.2) is 14.6 Å². The lowest BCUT2D eigenvalue weighted by Crippen LogP contribution is -2.03. The molecule has 3 aromatic heterocycles. The van der Waals surface area contributed by atoms with E-state index in [0.29, 0.717) is 5.92 Å². The second-order valence-corrected chi connectivity index (χ2v) is 5.68. The molecule has 0 aliphatic heterocycles. The van der Waals surface area contributed by atoms with Crippen LogP contribution in [0, 0.1) is 13.8 Å². The highest BCUT2D eigenvalue weighted by atomic mass is 15.4. The van der Waals surface area contributed by atoms with Crippen LogP contribution in [0.25, 0.3) is 17.2 Å². The van der Waals surface area contributed by atoms with E-state index in [1.807, 2.05) is 30.8 Å². The van der Waals surface area contributed by atoms with Crippen molar-refractivity contribution < 1.29 is 0 Å². The number of aryl methyl sites for hydroxylation is 2. The molecule has 0 spiro atoms. The minimum absolute atomic E-state index is 0.487. The molecule has 1 saturated carbocycles. The maximum absolute atomic E-state index is 4.72. The van der Waals surface area contributed by atoms with Gasteiger partial charge in [-0.15, -0.1) is 0 Å². The van der Waals surface area contributed by atoms with E-state index in [-0.39, 0.29) is 0 Å². The maximum atomic E-state index is 4.72. The molecule has 6 nitrogen and oxygen atoms in total. The molecule has 1 aliphatic carbocycles. The average Bonchev–Trinajstić information content (AvgIpc) is 3.29. The second kappa shape index (κ2) is 4.98. The fourth-order valence-electron chi connectivity index (χ4n) is 2.39. The van der Waals surface area contributed by atoms with Crippen LogP contribution < -0.4 is 0 Å². The Morgan fingerprint density at radius 2 is 1.95 bits per heavy atom. The molecule has 4 rings (SSSR count). The van der Waals surface area contributed by atoms with Crippen LogP contribution >= 0.6 is 0 Å². The van der Waals surface area contributed by atoms with Crippen molar-refractivity contribution in [3.8, 4) is 17.2 Å². The highest BCUT2D eigenvalue weighted by Crippen LogP contribution is 2.39. The zero-order chi connectivity index (χ0) is 15.1. The second-order valence-electron chi connectivity index (χ2n) is 5.68. The van der Waals surface area contributed by atoms with Gasteiger partial charge in [-0.3, -0.25) is 9.97 Å². The molecule has 0 saturated heterocycles. The van der Waals surface area contributed by atoms with Crippen LogP contribution in [0.2, 0.25) is 0 Å². The summed E-state index contributed by atoms with van der Waals surface area (Å²) in [5.74, 6) is 2.12. The van der Waals surface area contributed by atoms with Crippen molar-refractivity contribution in [2.75, 3.05) is 0 Å². The van der Waals surface area contributed by atoms with Crippen molar-refractivity contribution in [2.45, 2.75) is 32.6 Å². The van der Waals surface area contributed by atoms with Gasteiger partial charge in [0.25, 0.3) is 0 Å². The van der Waals surface area contributed by atoms with Gasteiger partial charge in [-0.05, 0) is 38.3 Å². The number of hydrogen-bond donors (Lipinski definition) is 0. The Bertz CT molecular complexity index is 817. The lowest BCUT2D eigenvalue weighted by Gasteiger charge is -2.07. The van der Waals surface area contributed by atoms with Crippen molar-refractivity contribution in [1.82, 2.24) is 29.7 Å². The summed E-state index contributed by atoms with van der Waals surface area (Å²) in [5, 5.41) is 4.71. The molecular formula is C16H16N6.